The maximum absolute atomic E-state index is 5.71. The highest BCUT2D eigenvalue weighted by atomic mass is 16.5. The smallest absolute Gasteiger partial charge is 0.233 e. The summed E-state index contributed by atoms with van der Waals surface area (Å²) in [6.45, 7) is 6.02. The Labute approximate surface area is 111 Å². The lowest BCUT2D eigenvalue weighted by Crippen LogP contribution is -2.18. The topological polar surface area (TPSA) is 99.7 Å². The highest BCUT2D eigenvalue weighted by molar-refractivity contribution is 5.50. The van der Waals surface area contributed by atoms with Gasteiger partial charge in [-0.25, -0.2) is 4.98 Å². The van der Waals surface area contributed by atoms with E-state index in [0.717, 1.165) is 0 Å². The molecule has 0 aliphatic rings. The molecule has 2 rings (SSSR count). The van der Waals surface area contributed by atoms with E-state index in [2.05, 4.69) is 25.1 Å². The zero-order chi connectivity index (χ0) is 14.0. The molecule has 0 fully saturated rings. The van der Waals surface area contributed by atoms with Crippen molar-refractivity contribution >= 4 is 5.95 Å². The van der Waals surface area contributed by atoms with Crippen molar-refractivity contribution in [3.8, 4) is 17.4 Å². The SMILES string of the molecule is COc1ccc(-c2nc(N)nc(C(C)(C)C)n2)nn1. The van der Waals surface area contributed by atoms with Crippen LogP contribution in [0.15, 0.2) is 12.1 Å². The summed E-state index contributed by atoms with van der Waals surface area (Å²) in [5, 5.41) is 7.88. The Bertz CT molecular complexity index is 576. The molecule has 2 N–H and O–H groups in total. The van der Waals surface area contributed by atoms with Crippen molar-refractivity contribution < 1.29 is 4.74 Å². The van der Waals surface area contributed by atoms with Crippen LogP contribution in [-0.4, -0.2) is 32.3 Å². The van der Waals surface area contributed by atoms with Crippen LogP contribution >= 0.6 is 0 Å². The molecule has 0 aromatic carbocycles. The molecule has 0 aliphatic carbocycles. The van der Waals surface area contributed by atoms with Crippen LogP contribution < -0.4 is 10.5 Å². The lowest BCUT2D eigenvalue weighted by atomic mass is 9.96. The first-order chi connectivity index (χ1) is 8.90. The van der Waals surface area contributed by atoms with Gasteiger partial charge in [0.25, 0.3) is 0 Å². The number of anilines is 1. The summed E-state index contributed by atoms with van der Waals surface area (Å²) < 4.78 is 4.96. The van der Waals surface area contributed by atoms with Crippen LogP contribution in [0.25, 0.3) is 11.5 Å². The summed E-state index contributed by atoms with van der Waals surface area (Å²) in [5.74, 6) is 1.63. The quantitative estimate of drug-likeness (QED) is 0.866. The van der Waals surface area contributed by atoms with Gasteiger partial charge >= 0.3 is 0 Å². The van der Waals surface area contributed by atoms with Gasteiger partial charge in [0.2, 0.25) is 11.8 Å². The number of rotatable bonds is 2. The van der Waals surface area contributed by atoms with E-state index in [1.165, 1.54) is 7.11 Å². The number of hydrogen-bond donors (Lipinski definition) is 1. The fraction of sp³-hybridized carbons (Fsp3) is 0.417. The molecule has 0 bridgehead atoms. The largest absolute Gasteiger partial charge is 0.480 e. The molecule has 7 heteroatoms. The minimum absolute atomic E-state index is 0.174. The summed E-state index contributed by atoms with van der Waals surface area (Å²) in [5.41, 5.74) is 6.03. The molecule has 0 saturated heterocycles. The highest BCUT2D eigenvalue weighted by Crippen LogP contribution is 2.21. The van der Waals surface area contributed by atoms with Gasteiger partial charge in [0, 0.05) is 11.5 Å². The molecule has 0 aliphatic heterocycles. The fourth-order valence-electron chi connectivity index (χ4n) is 1.39. The lowest BCUT2D eigenvalue weighted by Gasteiger charge is -2.16. The molecular formula is C12H16N6O. The number of nitrogens with zero attached hydrogens (tertiary/aromatic N) is 5. The molecule has 0 unspecified atom stereocenters. The Morgan fingerprint density at radius 3 is 2.32 bits per heavy atom. The lowest BCUT2D eigenvalue weighted by molar-refractivity contribution is 0.392. The number of nitrogen functional groups attached to an aromatic ring is 1. The molecule has 2 heterocycles. The van der Waals surface area contributed by atoms with Crippen molar-refractivity contribution in [2.45, 2.75) is 26.2 Å². The average Bonchev–Trinajstić information content (AvgIpc) is 2.37. The van der Waals surface area contributed by atoms with Crippen molar-refractivity contribution in [3.05, 3.63) is 18.0 Å². The third kappa shape index (κ3) is 2.93. The summed E-state index contributed by atoms with van der Waals surface area (Å²) in [7, 11) is 1.53. The molecule has 0 atom stereocenters. The zero-order valence-corrected chi connectivity index (χ0v) is 11.4. The first-order valence-electron chi connectivity index (χ1n) is 5.80. The van der Waals surface area contributed by atoms with E-state index in [0.29, 0.717) is 23.2 Å². The van der Waals surface area contributed by atoms with Crippen LogP contribution in [0.1, 0.15) is 26.6 Å². The standard InChI is InChI=1S/C12H16N6O/c1-12(2,3)10-14-9(15-11(13)16-10)7-5-6-8(19-4)18-17-7/h5-6H,1-4H3,(H2,13,14,15,16). The van der Waals surface area contributed by atoms with Gasteiger partial charge in [0.1, 0.15) is 11.5 Å². The van der Waals surface area contributed by atoms with Gasteiger partial charge in [-0.1, -0.05) is 20.8 Å². The van der Waals surface area contributed by atoms with E-state index < -0.39 is 0 Å². The Morgan fingerprint density at radius 2 is 1.79 bits per heavy atom. The van der Waals surface area contributed by atoms with E-state index in [-0.39, 0.29) is 11.4 Å². The van der Waals surface area contributed by atoms with E-state index in [1.807, 2.05) is 20.8 Å². The third-order valence-corrected chi connectivity index (χ3v) is 2.40. The first-order valence-corrected chi connectivity index (χ1v) is 5.80. The summed E-state index contributed by atoms with van der Waals surface area (Å²) in [4.78, 5) is 12.6. The highest BCUT2D eigenvalue weighted by Gasteiger charge is 2.20. The van der Waals surface area contributed by atoms with Crippen molar-refractivity contribution in [1.82, 2.24) is 25.1 Å². The monoisotopic (exact) mass is 260 g/mol. The maximum Gasteiger partial charge on any atom is 0.233 e. The number of aromatic nitrogens is 5. The molecule has 0 amide bonds. The predicted octanol–water partition coefficient (Wildman–Crippen LogP) is 1.22. The summed E-state index contributed by atoms with van der Waals surface area (Å²) >= 11 is 0. The van der Waals surface area contributed by atoms with Crippen LogP contribution in [-0.2, 0) is 5.41 Å². The Kier molecular flexibility index (Phi) is 3.28. The zero-order valence-electron chi connectivity index (χ0n) is 11.4. The minimum atomic E-state index is -0.217. The van der Waals surface area contributed by atoms with Crippen molar-refractivity contribution in [2.75, 3.05) is 12.8 Å². The number of nitrogens with two attached hydrogens (primary N) is 1. The molecule has 7 nitrogen and oxygen atoms in total. The number of ether oxygens (including phenoxy) is 1. The summed E-state index contributed by atoms with van der Waals surface area (Å²) in [6.07, 6.45) is 0. The van der Waals surface area contributed by atoms with Gasteiger partial charge in [0.05, 0.1) is 7.11 Å². The molecular weight excluding hydrogens is 244 g/mol. The fourth-order valence-corrected chi connectivity index (χ4v) is 1.39. The molecule has 2 aromatic heterocycles. The molecule has 100 valence electrons. The van der Waals surface area contributed by atoms with E-state index in [4.69, 9.17) is 10.5 Å². The van der Waals surface area contributed by atoms with E-state index in [1.54, 1.807) is 12.1 Å². The molecule has 0 spiro atoms. The van der Waals surface area contributed by atoms with Gasteiger partial charge in [-0.15, -0.1) is 10.2 Å². The number of methoxy groups -OCH3 is 1. The second-order valence-corrected chi connectivity index (χ2v) is 5.05. The Morgan fingerprint density at radius 1 is 1.05 bits per heavy atom. The third-order valence-electron chi connectivity index (χ3n) is 2.40. The second kappa shape index (κ2) is 4.75. The van der Waals surface area contributed by atoms with E-state index >= 15 is 0 Å². The van der Waals surface area contributed by atoms with Crippen molar-refractivity contribution in [1.29, 1.82) is 0 Å². The van der Waals surface area contributed by atoms with Gasteiger partial charge in [-0.2, -0.15) is 9.97 Å². The minimum Gasteiger partial charge on any atom is -0.480 e. The molecule has 0 saturated carbocycles. The van der Waals surface area contributed by atoms with Crippen LogP contribution in [0.2, 0.25) is 0 Å². The van der Waals surface area contributed by atoms with Crippen LogP contribution in [0.3, 0.4) is 0 Å². The van der Waals surface area contributed by atoms with Crippen LogP contribution in [0.4, 0.5) is 5.95 Å². The van der Waals surface area contributed by atoms with Crippen LogP contribution in [0, 0.1) is 0 Å². The van der Waals surface area contributed by atoms with Crippen LogP contribution in [0.5, 0.6) is 5.88 Å². The van der Waals surface area contributed by atoms with Gasteiger partial charge in [-0.3, -0.25) is 0 Å². The van der Waals surface area contributed by atoms with Crippen molar-refractivity contribution in [3.63, 3.8) is 0 Å². The van der Waals surface area contributed by atoms with Gasteiger partial charge in [-0.05, 0) is 6.07 Å². The number of hydrogen-bond acceptors (Lipinski definition) is 7. The average molecular weight is 260 g/mol. The van der Waals surface area contributed by atoms with Crippen molar-refractivity contribution in [2.24, 2.45) is 0 Å². The Hall–Kier alpha value is -2.31. The molecule has 2 aromatic rings. The Balaban J connectivity index is 2.46. The van der Waals surface area contributed by atoms with Gasteiger partial charge < -0.3 is 10.5 Å². The second-order valence-electron chi connectivity index (χ2n) is 5.05. The molecule has 0 radical (unpaired) electrons. The normalized spacial score (nSPS) is 11.4. The molecule has 19 heavy (non-hydrogen) atoms. The summed E-state index contributed by atoms with van der Waals surface area (Å²) in [6, 6.07) is 3.42. The van der Waals surface area contributed by atoms with Gasteiger partial charge in [0.15, 0.2) is 5.82 Å². The van der Waals surface area contributed by atoms with E-state index in [9.17, 15) is 0 Å². The first kappa shape index (κ1) is 13.1. The maximum atomic E-state index is 5.71. The predicted molar refractivity (Wildman–Crippen MR) is 70.5 cm³/mol.